The molecule has 0 radical (unpaired) electrons. The maximum Gasteiger partial charge on any atom is 0.237 e. The van der Waals surface area contributed by atoms with Crippen LogP contribution in [0.1, 0.15) is 75.0 Å². The Labute approximate surface area is 170 Å². The summed E-state index contributed by atoms with van der Waals surface area (Å²) in [7, 11) is 0. The van der Waals surface area contributed by atoms with Crippen molar-refractivity contribution in [1.29, 1.82) is 0 Å². The van der Waals surface area contributed by atoms with Gasteiger partial charge in [0.05, 0.1) is 5.25 Å². The fourth-order valence-corrected chi connectivity index (χ4v) is 4.51. The third-order valence-corrected chi connectivity index (χ3v) is 6.32. The minimum absolute atomic E-state index is 0.00877. The normalized spacial score (nSPS) is 16.0. The molecule has 6 nitrogen and oxygen atoms in total. The van der Waals surface area contributed by atoms with Crippen molar-refractivity contribution < 1.29 is 9.59 Å². The summed E-state index contributed by atoms with van der Waals surface area (Å²) in [5, 5.41) is 12.2. The van der Waals surface area contributed by atoms with Gasteiger partial charge in [0, 0.05) is 23.7 Å². The van der Waals surface area contributed by atoms with E-state index < -0.39 is 0 Å². The van der Waals surface area contributed by atoms with Crippen LogP contribution < -0.4 is 5.32 Å². The molecular weight excluding hydrogens is 372 g/mol. The van der Waals surface area contributed by atoms with Crippen LogP contribution in [0.2, 0.25) is 0 Å². The summed E-state index contributed by atoms with van der Waals surface area (Å²) in [6.45, 7) is 6.31. The van der Waals surface area contributed by atoms with Gasteiger partial charge in [-0.1, -0.05) is 31.0 Å². The maximum atomic E-state index is 12.6. The highest BCUT2D eigenvalue weighted by atomic mass is 32.2. The van der Waals surface area contributed by atoms with Crippen molar-refractivity contribution in [3.63, 3.8) is 0 Å². The molecular formula is C21H28N4O2S. The van der Waals surface area contributed by atoms with E-state index in [2.05, 4.69) is 27.0 Å². The quantitative estimate of drug-likeness (QED) is 0.540. The molecule has 7 heteroatoms. The number of carbonyl (C=O) groups is 2. The molecule has 2 aromatic rings. The SMILES string of the molecule is CCn1c(SC(C)C(=O)Nc2ccc(C(C)=O)cc2)nnc1C1CCCCC1. The first kappa shape index (κ1) is 20.6. The summed E-state index contributed by atoms with van der Waals surface area (Å²) >= 11 is 1.44. The minimum Gasteiger partial charge on any atom is -0.325 e. The molecule has 1 aromatic carbocycles. The first-order valence-electron chi connectivity index (χ1n) is 10.0. The number of hydrogen-bond donors (Lipinski definition) is 1. The van der Waals surface area contributed by atoms with Crippen molar-refractivity contribution >= 4 is 29.1 Å². The molecule has 0 spiro atoms. The van der Waals surface area contributed by atoms with E-state index in [4.69, 9.17) is 0 Å². The third-order valence-electron chi connectivity index (χ3n) is 5.24. The molecule has 1 saturated carbocycles. The number of Topliss-reactive ketones (excluding diaryl/α,β-unsaturated/α-hetero) is 1. The lowest BCUT2D eigenvalue weighted by atomic mass is 9.89. The van der Waals surface area contributed by atoms with Gasteiger partial charge in [-0.25, -0.2) is 0 Å². The average molecular weight is 401 g/mol. The molecule has 1 atom stereocenters. The predicted molar refractivity (Wildman–Crippen MR) is 112 cm³/mol. The number of nitrogens with one attached hydrogen (secondary N) is 1. The summed E-state index contributed by atoms with van der Waals surface area (Å²) in [6, 6.07) is 6.95. The van der Waals surface area contributed by atoms with Gasteiger partial charge in [0.1, 0.15) is 5.82 Å². The van der Waals surface area contributed by atoms with E-state index in [0.29, 0.717) is 17.2 Å². The molecule has 1 fully saturated rings. The average Bonchev–Trinajstić information content (AvgIpc) is 3.11. The summed E-state index contributed by atoms with van der Waals surface area (Å²) in [4.78, 5) is 23.9. The lowest BCUT2D eigenvalue weighted by Crippen LogP contribution is -2.23. The van der Waals surface area contributed by atoms with Gasteiger partial charge >= 0.3 is 0 Å². The first-order chi connectivity index (χ1) is 13.5. The first-order valence-corrected chi connectivity index (χ1v) is 10.9. The number of nitrogens with zero attached hydrogens (tertiary/aromatic N) is 3. The smallest absolute Gasteiger partial charge is 0.237 e. The zero-order valence-corrected chi connectivity index (χ0v) is 17.6. The molecule has 1 aliphatic carbocycles. The van der Waals surface area contributed by atoms with Crippen LogP contribution in [0, 0.1) is 0 Å². The number of carbonyl (C=O) groups excluding carboxylic acids is 2. The van der Waals surface area contributed by atoms with Crippen molar-refractivity contribution in [1.82, 2.24) is 14.8 Å². The van der Waals surface area contributed by atoms with Gasteiger partial charge in [0.25, 0.3) is 0 Å². The van der Waals surface area contributed by atoms with Gasteiger partial charge in [0.15, 0.2) is 10.9 Å². The topological polar surface area (TPSA) is 76.9 Å². The number of hydrogen-bond acceptors (Lipinski definition) is 5. The Morgan fingerprint density at radius 1 is 1.18 bits per heavy atom. The van der Waals surface area contributed by atoms with E-state index in [-0.39, 0.29) is 16.9 Å². The molecule has 1 heterocycles. The molecule has 0 saturated heterocycles. The molecule has 3 rings (SSSR count). The molecule has 1 N–H and O–H groups in total. The van der Waals surface area contributed by atoms with Crippen LogP contribution in [-0.2, 0) is 11.3 Å². The van der Waals surface area contributed by atoms with Gasteiger partial charge in [-0.05, 0) is 57.9 Å². The Balaban J connectivity index is 1.64. The second-order valence-electron chi connectivity index (χ2n) is 7.30. The van der Waals surface area contributed by atoms with Gasteiger partial charge < -0.3 is 9.88 Å². The molecule has 1 unspecified atom stereocenters. The number of benzene rings is 1. The molecule has 1 aromatic heterocycles. The standard InChI is InChI=1S/C21H28N4O2S/c1-4-25-19(17-8-6-5-7-9-17)23-24-21(25)28-15(3)20(27)22-18-12-10-16(11-13-18)14(2)26/h10-13,15,17H,4-9H2,1-3H3,(H,22,27). The molecule has 1 amide bonds. The van der Waals surface area contributed by atoms with Crippen molar-refractivity contribution in [2.75, 3.05) is 5.32 Å². The summed E-state index contributed by atoms with van der Waals surface area (Å²) in [5.74, 6) is 1.47. The van der Waals surface area contributed by atoms with Crippen molar-refractivity contribution in [2.45, 2.75) is 75.7 Å². The van der Waals surface area contributed by atoms with E-state index in [0.717, 1.165) is 17.5 Å². The molecule has 1 aliphatic rings. The van der Waals surface area contributed by atoms with Crippen molar-refractivity contribution in [3.8, 4) is 0 Å². The lowest BCUT2D eigenvalue weighted by Gasteiger charge is -2.21. The number of rotatable bonds is 7. The minimum atomic E-state index is -0.304. The Morgan fingerprint density at radius 2 is 1.86 bits per heavy atom. The Bertz CT molecular complexity index is 825. The van der Waals surface area contributed by atoms with Crippen LogP contribution in [0.4, 0.5) is 5.69 Å². The van der Waals surface area contributed by atoms with Gasteiger partial charge in [-0.3, -0.25) is 9.59 Å². The number of anilines is 1. The second-order valence-corrected chi connectivity index (χ2v) is 8.61. The van der Waals surface area contributed by atoms with E-state index in [9.17, 15) is 9.59 Å². The summed E-state index contributed by atoms with van der Waals surface area (Å²) in [6.07, 6.45) is 6.17. The Hall–Kier alpha value is -2.15. The lowest BCUT2D eigenvalue weighted by molar-refractivity contribution is -0.115. The van der Waals surface area contributed by atoms with Crippen LogP contribution in [0.15, 0.2) is 29.4 Å². The Kier molecular flexibility index (Phi) is 6.88. The van der Waals surface area contributed by atoms with Crippen LogP contribution in [-0.4, -0.2) is 31.7 Å². The monoisotopic (exact) mass is 400 g/mol. The number of aromatic nitrogens is 3. The molecule has 150 valence electrons. The van der Waals surface area contributed by atoms with E-state index in [1.807, 2.05) is 6.92 Å². The third kappa shape index (κ3) is 4.82. The van der Waals surface area contributed by atoms with E-state index in [1.165, 1.54) is 50.8 Å². The highest BCUT2D eigenvalue weighted by Gasteiger charge is 2.25. The number of thioether (sulfide) groups is 1. The van der Waals surface area contributed by atoms with Crippen molar-refractivity contribution in [3.05, 3.63) is 35.7 Å². The van der Waals surface area contributed by atoms with Crippen LogP contribution in [0.25, 0.3) is 0 Å². The summed E-state index contributed by atoms with van der Waals surface area (Å²) in [5.41, 5.74) is 1.31. The molecule has 28 heavy (non-hydrogen) atoms. The van der Waals surface area contributed by atoms with Gasteiger partial charge in [-0.2, -0.15) is 0 Å². The maximum absolute atomic E-state index is 12.6. The van der Waals surface area contributed by atoms with Crippen molar-refractivity contribution in [2.24, 2.45) is 0 Å². The fourth-order valence-electron chi connectivity index (χ4n) is 3.59. The van der Waals surface area contributed by atoms with E-state index >= 15 is 0 Å². The zero-order valence-electron chi connectivity index (χ0n) is 16.8. The number of amides is 1. The van der Waals surface area contributed by atoms with Gasteiger partial charge in [0.2, 0.25) is 5.91 Å². The highest BCUT2D eigenvalue weighted by molar-refractivity contribution is 8.00. The highest BCUT2D eigenvalue weighted by Crippen LogP contribution is 2.34. The van der Waals surface area contributed by atoms with Crippen LogP contribution in [0.5, 0.6) is 0 Å². The van der Waals surface area contributed by atoms with Crippen LogP contribution >= 0.6 is 11.8 Å². The second kappa shape index (κ2) is 9.37. The Morgan fingerprint density at radius 3 is 2.46 bits per heavy atom. The fraction of sp³-hybridized carbons (Fsp3) is 0.524. The largest absolute Gasteiger partial charge is 0.325 e. The molecule has 0 aliphatic heterocycles. The van der Waals surface area contributed by atoms with E-state index in [1.54, 1.807) is 24.3 Å². The van der Waals surface area contributed by atoms with Crippen LogP contribution in [0.3, 0.4) is 0 Å². The molecule has 0 bridgehead atoms. The predicted octanol–water partition coefficient (Wildman–Crippen LogP) is 4.67. The van der Waals surface area contributed by atoms with Gasteiger partial charge in [-0.15, -0.1) is 10.2 Å². The number of ketones is 1. The summed E-state index contributed by atoms with van der Waals surface area (Å²) < 4.78 is 2.16. The zero-order chi connectivity index (χ0) is 20.1.